The first-order valence-electron chi connectivity index (χ1n) is 34.8. The molecule has 0 radical (unpaired) electrons. The SMILES string of the molecule is CC(=O)[C@H](CCCCN)NNC(=O)CCCCC(=O)CCCO[C@H]1O[C@H](CO[C@@H]2O[C@@H](C)[C@@H](O)[C@H](O)[C@@H]2O)[C@@H](O)[C@H](O[C@H]2O[C@H](CO)[C@@H](O)[C@H](O)[C@@H]2O)[C@@H]1O.CCNC(=O)CCCCC(=O)CCCO[C@H]1O[C@H](CO[C@@H]2O[C@@H](C)[C@@H](O)[C@H](O)[C@@H]2O)[C@@H](O)[C@H](O[C@H]2O[C@H](CO)[C@@H](O)[C@H](O)[C@@H]2O)[C@@H]1O. The van der Waals surface area contributed by atoms with Crippen LogP contribution < -0.4 is 21.9 Å². The molecular weight excluding hydrogens is 1370 g/mol. The maximum absolute atomic E-state index is 12.5. The Morgan fingerprint density at radius 3 is 1.16 bits per heavy atom. The fourth-order valence-electron chi connectivity index (χ4n) is 11.8. The number of ketones is 3. The van der Waals surface area contributed by atoms with Gasteiger partial charge in [-0.1, -0.05) is 6.42 Å². The van der Waals surface area contributed by atoms with Gasteiger partial charge in [-0.2, -0.15) is 0 Å². The minimum Gasteiger partial charge on any atom is -0.394 e. The average molecular weight is 1490 g/mol. The van der Waals surface area contributed by atoms with Crippen LogP contribution in [0.25, 0.3) is 0 Å². The Hall–Kier alpha value is -3.33. The molecule has 0 spiro atoms. The number of Topliss-reactive ketones (excluding diaryl/α,β-unsaturated/α-hetero) is 3. The number of unbranched alkanes of at least 4 members (excludes halogenated alkanes) is 3. The predicted octanol–water partition coefficient (Wildman–Crippen LogP) is -9.38. The standard InChI is InChI=1S/C34H61N3O18.C29H51NO17/c1-16(39)19(10-5-6-12-35)36-37-22(41)11-4-3-8-18(40)9-7-13-50-33-30(49)31(55-34-29(48)27(46)24(43)20(14-38)53-34)25(44)21(54-33)15-51-32-28(47)26(45)23(42)17(2)52-32;1-3-30-17(33)9-5-4-7-14(32)8-6-10-42-28-25(41)26(47-29-24(40)22(38)19(35)15(11-31)45-29)20(36)16(46-28)12-43-27-23(39)21(37)18(34)13(2)44-27/h17,19-21,23-34,36,38,42-49H,3-15,35H2,1-2H3,(H,37,41);13,15-16,18-29,31,34-41H,3-12H2,1-2H3,(H,30,33)/t17-,19-,20+,21+,23+,24+,25+,26-,27-,28-,29-,30-,31-,32+,33-,34+;13-,15+,16+,18+,19+,20+,21-,22-,23-,24-,25-,26-,27+,28-,29+/m00/s1. The second-order valence-electron chi connectivity index (χ2n) is 26.2. The molecule has 0 unspecified atom stereocenters. The van der Waals surface area contributed by atoms with Crippen LogP contribution in [0.1, 0.15) is 124 Å². The topological polar surface area (TPSA) is 622 Å². The highest BCUT2D eigenvalue weighted by Gasteiger charge is 2.54. The summed E-state index contributed by atoms with van der Waals surface area (Å²) in [5.74, 6) is -0.647. The number of hydrogen-bond acceptors (Lipinski definition) is 37. The molecule has 23 N–H and O–H groups in total. The van der Waals surface area contributed by atoms with Gasteiger partial charge in [0.2, 0.25) is 11.8 Å². The summed E-state index contributed by atoms with van der Waals surface area (Å²) in [6, 6.07) is -0.510. The summed E-state index contributed by atoms with van der Waals surface area (Å²) in [5, 5.41) is 189. The normalized spacial score (nSPS) is 39.0. The summed E-state index contributed by atoms with van der Waals surface area (Å²) in [6.07, 6.45) is -41.3. The molecule has 6 heterocycles. The number of carbonyl (C=O) groups is 5. The van der Waals surface area contributed by atoms with E-state index in [0.29, 0.717) is 51.6 Å². The van der Waals surface area contributed by atoms with Crippen molar-refractivity contribution in [3.63, 3.8) is 0 Å². The molecule has 0 aromatic carbocycles. The van der Waals surface area contributed by atoms with Crippen LogP contribution in [0.2, 0.25) is 0 Å². The van der Waals surface area contributed by atoms with Gasteiger partial charge in [0.05, 0.1) is 57.9 Å². The first-order valence-corrected chi connectivity index (χ1v) is 34.8. The summed E-state index contributed by atoms with van der Waals surface area (Å²) in [7, 11) is 0. The fourth-order valence-corrected chi connectivity index (χ4v) is 11.8. The lowest BCUT2D eigenvalue weighted by Crippen LogP contribution is -2.65. The molecule has 6 saturated heterocycles. The van der Waals surface area contributed by atoms with Crippen LogP contribution in [-0.2, 0) is 80.8 Å². The first kappa shape index (κ1) is 89.3. The summed E-state index contributed by atoms with van der Waals surface area (Å²) in [4.78, 5) is 60.3. The van der Waals surface area contributed by atoms with Gasteiger partial charge in [-0.25, -0.2) is 5.43 Å². The van der Waals surface area contributed by atoms with Crippen molar-refractivity contribution in [3.05, 3.63) is 0 Å². The molecule has 594 valence electrons. The van der Waals surface area contributed by atoms with Crippen molar-refractivity contribution in [1.29, 1.82) is 0 Å². The van der Waals surface area contributed by atoms with E-state index >= 15 is 0 Å². The van der Waals surface area contributed by atoms with Gasteiger partial charge in [0, 0.05) is 45.1 Å². The van der Waals surface area contributed by atoms with Crippen LogP contribution in [0.4, 0.5) is 0 Å². The van der Waals surface area contributed by atoms with Crippen LogP contribution >= 0.6 is 0 Å². The molecule has 0 aromatic heterocycles. The molecule has 6 rings (SSSR count). The van der Waals surface area contributed by atoms with Crippen LogP contribution in [0.3, 0.4) is 0 Å². The lowest BCUT2D eigenvalue weighted by Gasteiger charge is -2.46. The highest BCUT2D eigenvalue weighted by molar-refractivity contribution is 5.82. The number of hydrogen-bond donors (Lipinski definition) is 22. The highest BCUT2D eigenvalue weighted by atomic mass is 16.8. The van der Waals surface area contributed by atoms with E-state index in [0.717, 1.165) is 12.8 Å². The van der Waals surface area contributed by atoms with Crippen molar-refractivity contribution >= 4 is 29.2 Å². The van der Waals surface area contributed by atoms with Gasteiger partial charge in [-0.3, -0.25) is 29.4 Å². The molecule has 0 saturated carbocycles. The van der Waals surface area contributed by atoms with Crippen molar-refractivity contribution in [2.45, 2.75) is 314 Å². The van der Waals surface area contributed by atoms with Crippen LogP contribution in [0, 0.1) is 0 Å². The number of nitrogens with one attached hydrogen (secondary N) is 3. The van der Waals surface area contributed by atoms with E-state index < -0.39 is 217 Å². The molecule has 6 aliphatic heterocycles. The molecule has 39 heteroatoms. The monoisotopic (exact) mass is 1480 g/mol. The van der Waals surface area contributed by atoms with Crippen LogP contribution in [-0.4, -0.2) is 364 Å². The van der Waals surface area contributed by atoms with Gasteiger partial charge >= 0.3 is 0 Å². The first-order chi connectivity index (χ1) is 48.4. The predicted molar refractivity (Wildman–Crippen MR) is 340 cm³/mol. The number of rotatable bonds is 40. The zero-order chi connectivity index (χ0) is 75.7. The second kappa shape index (κ2) is 44.8. The maximum Gasteiger partial charge on any atom is 0.234 e. The van der Waals surface area contributed by atoms with Gasteiger partial charge in [0.1, 0.15) is 152 Å². The molecule has 0 bridgehead atoms. The van der Waals surface area contributed by atoms with Crippen molar-refractivity contribution < 1.29 is 173 Å². The van der Waals surface area contributed by atoms with Crippen LogP contribution in [0.5, 0.6) is 0 Å². The smallest absolute Gasteiger partial charge is 0.234 e. The summed E-state index contributed by atoms with van der Waals surface area (Å²) >= 11 is 0. The van der Waals surface area contributed by atoms with Gasteiger partial charge in [0.15, 0.2) is 37.7 Å². The van der Waals surface area contributed by atoms with E-state index in [-0.39, 0.29) is 87.3 Å². The van der Waals surface area contributed by atoms with E-state index in [9.17, 15) is 116 Å². The van der Waals surface area contributed by atoms with E-state index in [2.05, 4.69) is 16.2 Å². The number of ether oxygens (including phenoxy) is 12. The molecule has 31 atom stereocenters. The Morgan fingerprint density at radius 2 is 0.765 bits per heavy atom. The molecule has 0 aliphatic carbocycles. The summed E-state index contributed by atoms with van der Waals surface area (Å²) < 4.78 is 67.0. The zero-order valence-electron chi connectivity index (χ0n) is 57.7. The van der Waals surface area contributed by atoms with E-state index in [1.165, 1.54) is 20.8 Å². The van der Waals surface area contributed by atoms with Crippen molar-refractivity contribution in [1.82, 2.24) is 16.2 Å². The Kier molecular flexibility index (Phi) is 39.3. The van der Waals surface area contributed by atoms with E-state index in [4.69, 9.17) is 62.6 Å². The Bertz CT molecular complexity index is 2450. The zero-order valence-corrected chi connectivity index (χ0v) is 57.7. The Morgan fingerprint density at radius 1 is 0.402 bits per heavy atom. The van der Waals surface area contributed by atoms with Crippen molar-refractivity contribution in [2.75, 3.05) is 52.7 Å². The number of carbonyl (C=O) groups excluding carboxylic acids is 5. The largest absolute Gasteiger partial charge is 0.394 e. The lowest BCUT2D eigenvalue weighted by atomic mass is 9.97. The Balaban J connectivity index is 0.000000372. The van der Waals surface area contributed by atoms with Gasteiger partial charge in [-0.15, -0.1) is 0 Å². The quantitative estimate of drug-likeness (QED) is 0.0200. The summed E-state index contributed by atoms with van der Waals surface area (Å²) in [6.45, 7) is 4.43. The third-order valence-electron chi connectivity index (χ3n) is 18.2. The van der Waals surface area contributed by atoms with Crippen molar-refractivity contribution in [3.8, 4) is 0 Å². The van der Waals surface area contributed by atoms with Gasteiger partial charge < -0.3 is 160 Å². The molecule has 39 nitrogen and oxygen atoms in total. The van der Waals surface area contributed by atoms with Crippen molar-refractivity contribution in [2.24, 2.45) is 5.73 Å². The average Bonchev–Trinajstić information content (AvgIpc) is 0.790. The molecule has 6 aliphatic rings. The molecule has 102 heavy (non-hydrogen) atoms. The minimum absolute atomic E-state index is 0.0484. The molecule has 2 amide bonds. The maximum atomic E-state index is 12.5. The van der Waals surface area contributed by atoms with E-state index in [1.807, 2.05) is 6.92 Å². The highest BCUT2D eigenvalue weighted by Crippen LogP contribution is 2.34. The van der Waals surface area contributed by atoms with Gasteiger partial charge in [0.25, 0.3) is 0 Å². The number of hydrazine groups is 1. The number of amides is 2. The molecule has 0 aromatic rings. The number of aliphatic hydroxyl groups excluding tert-OH is 18. The number of nitrogens with two attached hydrogens (primary N) is 1. The fraction of sp³-hybridized carbons (Fsp3) is 0.921. The third kappa shape index (κ3) is 26.2. The molecule has 6 fully saturated rings. The van der Waals surface area contributed by atoms with Crippen LogP contribution in [0.15, 0.2) is 0 Å². The summed E-state index contributed by atoms with van der Waals surface area (Å²) in [5.41, 5.74) is 10.8. The second-order valence-corrected chi connectivity index (χ2v) is 26.2. The lowest BCUT2D eigenvalue weighted by molar-refractivity contribution is -0.365. The molecular formula is C63H112N4O35. The van der Waals surface area contributed by atoms with E-state index in [1.54, 1.807) is 0 Å². The number of aliphatic hydroxyl groups is 18. The Labute approximate surface area is 589 Å². The minimum atomic E-state index is -1.87. The van der Waals surface area contributed by atoms with Gasteiger partial charge in [-0.05, 0) is 85.6 Å². The third-order valence-corrected chi connectivity index (χ3v) is 18.2.